The van der Waals surface area contributed by atoms with E-state index in [1.54, 1.807) is 0 Å². The molecule has 0 saturated heterocycles. The minimum absolute atomic E-state index is 0.186. The van der Waals surface area contributed by atoms with Crippen molar-refractivity contribution in [2.24, 2.45) is 0 Å². The third-order valence-corrected chi connectivity index (χ3v) is 1.17. The quantitative estimate of drug-likeness (QED) is 0.663. The molecule has 0 unspecified atom stereocenters. The van der Waals surface area contributed by atoms with E-state index >= 15 is 0 Å². The van der Waals surface area contributed by atoms with Gasteiger partial charge < -0.3 is 4.57 Å². The maximum Gasteiger partial charge on any atom is 0.256 e. The van der Waals surface area contributed by atoms with Gasteiger partial charge in [0.1, 0.15) is 6.67 Å². The second-order valence-corrected chi connectivity index (χ2v) is 2.09. The summed E-state index contributed by atoms with van der Waals surface area (Å²) in [7, 11) is 0. The maximum atomic E-state index is 11.8. The molecule has 1 aromatic heterocycles. The molecule has 0 fully saturated rings. The number of nitrogens with zero attached hydrogens (tertiary/aromatic N) is 2. The molecule has 0 bridgehead atoms. The Hall–Kier alpha value is -1.00. The fraction of sp³-hybridized carbons (Fsp3) is 0.500. The van der Waals surface area contributed by atoms with Gasteiger partial charge in [-0.1, -0.05) is 0 Å². The first-order valence-corrected chi connectivity index (χ1v) is 3.07. The summed E-state index contributed by atoms with van der Waals surface area (Å²) in [5.41, 5.74) is 0.186. The average Bonchev–Trinajstić information content (AvgIpc) is 2.34. The molecule has 0 aliphatic rings. The van der Waals surface area contributed by atoms with E-state index in [4.69, 9.17) is 0 Å². The molecule has 62 valence electrons. The Kier molecular flexibility index (Phi) is 2.51. The summed E-state index contributed by atoms with van der Waals surface area (Å²) in [6.07, 6.45) is 0.0458. The van der Waals surface area contributed by atoms with E-state index in [9.17, 15) is 13.2 Å². The molecule has 0 N–H and O–H groups in total. The lowest BCUT2D eigenvalue weighted by Gasteiger charge is -1.97. The lowest BCUT2D eigenvalue weighted by molar-refractivity contribution is 0.126. The van der Waals surface area contributed by atoms with E-state index in [1.807, 2.05) is 0 Å². The molecular formula is C6H7F3N2. The molecule has 0 saturated carbocycles. The van der Waals surface area contributed by atoms with Gasteiger partial charge >= 0.3 is 0 Å². The lowest BCUT2D eigenvalue weighted by Crippen LogP contribution is -2.03. The van der Waals surface area contributed by atoms with Crippen LogP contribution >= 0.6 is 0 Å². The highest BCUT2D eigenvalue weighted by molar-refractivity contribution is 4.94. The Labute approximate surface area is 61.7 Å². The minimum Gasteiger partial charge on any atom is -0.331 e. The Morgan fingerprint density at radius 1 is 1.55 bits per heavy atom. The lowest BCUT2D eigenvalue weighted by atomic mass is 10.5. The molecule has 0 aliphatic carbocycles. The van der Waals surface area contributed by atoms with Gasteiger partial charge in [0.25, 0.3) is 6.43 Å². The van der Waals surface area contributed by atoms with Crippen molar-refractivity contribution >= 4 is 0 Å². The largest absolute Gasteiger partial charge is 0.331 e. The Morgan fingerprint density at radius 3 is 2.73 bits per heavy atom. The Balaban J connectivity index is 2.58. The van der Waals surface area contributed by atoms with Gasteiger partial charge in [-0.3, -0.25) is 0 Å². The molecule has 1 heterocycles. The van der Waals surface area contributed by atoms with Gasteiger partial charge in [-0.05, 0) is 0 Å². The summed E-state index contributed by atoms with van der Waals surface area (Å²) in [5, 5.41) is 0. The van der Waals surface area contributed by atoms with Crippen molar-refractivity contribution in [1.29, 1.82) is 0 Å². The van der Waals surface area contributed by atoms with Crippen molar-refractivity contribution in [1.82, 2.24) is 9.55 Å². The molecule has 1 aromatic rings. The zero-order valence-electron chi connectivity index (χ0n) is 5.67. The summed E-state index contributed by atoms with van der Waals surface area (Å²) >= 11 is 0. The highest BCUT2D eigenvalue weighted by Gasteiger charge is 2.04. The topological polar surface area (TPSA) is 17.8 Å². The van der Waals surface area contributed by atoms with Gasteiger partial charge in [0.2, 0.25) is 0 Å². The summed E-state index contributed by atoms with van der Waals surface area (Å²) in [6, 6.07) is 0. The first-order valence-electron chi connectivity index (χ1n) is 3.07. The Bertz CT molecular complexity index is 221. The normalized spacial score (nSPS) is 10.9. The molecule has 11 heavy (non-hydrogen) atoms. The average molecular weight is 164 g/mol. The van der Waals surface area contributed by atoms with Crippen molar-refractivity contribution < 1.29 is 13.2 Å². The molecule has 0 aromatic carbocycles. The number of alkyl halides is 3. The predicted octanol–water partition coefficient (Wildman–Crippen LogP) is 1.62. The summed E-state index contributed by atoms with van der Waals surface area (Å²) in [6.45, 7) is -1.14. The van der Waals surface area contributed by atoms with Crippen LogP contribution in [0.3, 0.4) is 0 Å². The van der Waals surface area contributed by atoms with Crippen LogP contribution in [0.5, 0.6) is 0 Å². The fourth-order valence-corrected chi connectivity index (χ4v) is 0.735. The molecule has 0 spiro atoms. The van der Waals surface area contributed by atoms with E-state index in [0.717, 1.165) is 0 Å². The van der Waals surface area contributed by atoms with Crippen LogP contribution in [-0.2, 0) is 13.2 Å². The highest BCUT2D eigenvalue weighted by atomic mass is 19.3. The number of halogens is 3. The standard InChI is InChI=1S/C6H7F3N2/c7-1-5-2-11(4-10-5)3-6(8)9/h2,4,6H,1,3H2. The van der Waals surface area contributed by atoms with E-state index in [0.29, 0.717) is 0 Å². The molecule has 0 atom stereocenters. The Morgan fingerprint density at radius 2 is 2.27 bits per heavy atom. The summed E-state index contributed by atoms with van der Waals surface area (Å²) in [5.74, 6) is 0. The molecule has 2 nitrogen and oxygen atoms in total. The van der Waals surface area contributed by atoms with E-state index in [-0.39, 0.29) is 5.69 Å². The van der Waals surface area contributed by atoms with Crippen LogP contribution in [0.1, 0.15) is 5.69 Å². The van der Waals surface area contributed by atoms with Crippen LogP contribution in [0.2, 0.25) is 0 Å². The summed E-state index contributed by atoms with van der Waals surface area (Å²) in [4.78, 5) is 3.54. The van der Waals surface area contributed by atoms with Crippen LogP contribution in [-0.4, -0.2) is 16.0 Å². The second kappa shape index (κ2) is 3.41. The third kappa shape index (κ3) is 2.25. The number of aromatic nitrogens is 2. The smallest absolute Gasteiger partial charge is 0.256 e. The van der Waals surface area contributed by atoms with Crippen LogP contribution in [0.4, 0.5) is 13.2 Å². The molecule has 0 aliphatic heterocycles. The molecule has 0 amide bonds. The number of rotatable bonds is 3. The van der Waals surface area contributed by atoms with Gasteiger partial charge in [-0.15, -0.1) is 0 Å². The van der Waals surface area contributed by atoms with Crippen LogP contribution in [0, 0.1) is 0 Å². The van der Waals surface area contributed by atoms with Crippen molar-refractivity contribution in [2.75, 3.05) is 0 Å². The first-order chi connectivity index (χ1) is 5.22. The summed E-state index contributed by atoms with van der Waals surface area (Å²) < 4.78 is 36.4. The SMILES string of the molecule is FCc1cn(CC(F)F)cn1. The van der Waals surface area contributed by atoms with Crippen LogP contribution < -0.4 is 0 Å². The van der Waals surface area contributed by atoms with Crippen molar-refractivity contribution in [2.45, 2.75) is 19.6 Å². The first kappa shape index (κ1) is 8.10. The predicted molar refractivity (Wildman–Crippen MR) is 33.0 cm³/mol. The van der Waals surface area contributed by atoms with Gasteiger partial charge in [-0.25, -0.2) is 18.2 Å². The van der Waals surface area contributed by atoms with Crippen LogP contribution in [0.15, 0.2) is 12.5 Å². The molecule has 0 radical (unpaired) electrons. The highest BCUT2D eigenvalue weighted by Crippen LogP contribution is 2.01. The van der Waals surface area contributed by atoms with Gasteiger partial charge in [0, 0.05) is 6.20 Å². The van der Waals surface area contributed by atoms with E-state index < -0.39 is 19.6 Å². The third-order valence-electron chi connectivity index (χ3n) is 1.17. The van der Waals surface area contributed by atoms with Crippen molar-refractivity contribution in [3.05, 3.63) is 18.2 Å². The van der Waals surface area contributed by atoms with Crippen LogP contribution in [0.25, 0.3) is 0 Å². The van der Waals surface area contributed by atoms with Gasteiger partial charge in [0.15, 0.2) is 0 Å². The molecule has 5 heteroatoms. The number of imidazole rings is 1. The second-order valence-electron chi connectivity index (χ2n) is 2.09. The van der Waals surface area contributed by atoms with E-state index in [2.05, 4.69) is 4.98 Å². The van der Waals surface area contributed by atoms with Crippen molar-refractivity contribution in [3.63, 3.8) is 0 Å². The zero-order chi connectivity index (χ0) is 8.27. The van der Waals surface area contributed by atoms with Gasteiger partial charge in [0.05, 0.1) is 18.6 Å². The molecule has 1 rings (SSSR count). The fourth-order valence-electron chi connectivity index (χ4n) is 0.735. The monoisotopic (exact) mass is 164 g/mol. The van der Waals surface area contributed by atoms with E-state index in [1.165, 1.54) is 17.1 Å². The zero-order valence-corrected chi connectivity index (χ0v) is 5.67. The molecular weight excluding hydrogens is 157 g/mol. The number of hydrogen-bond donors (Lipinski definition) is 0. The van der Waals surface area contributed by atoms with Gasteiger partial charge in [-0.2, -0.15) is 0 Å². The maximum absolute atomic E-state index is 11.8. The van der Waals surface area contributed by atoms with Crippen molar-refractivity contribution in [3.8, 4) is 0 Å². The minimum atomic E-state index is -2.42. The number of hydrogen-bond acceptors (Lipinski definition) is 1.